The summed E-state index contributed by atoms with van der Waals surface area (Å²) >= 11 is 0. The van der Waals surface area contributed by atoms with Crippen LogP contribution in [0.25, 0.3) is 0 Å². The van der Waals surface area contributed by atoms with Gasteiger partial charge in [-0.1, -0.05) is 39.3 Å². The van der Waals surface area contributed by atoms with E-state index in [0.717, 1.165) is 44.9 Å². The fraction of sp³-hybridized carbons (Fsp3) is 0.965. The van der Waals surface area contributed by atoms with Crippen LogP contribution in [-0.2, 0) is 52.1 Å². The lowest BCUT2D eigenvalue weighted by molar-refractivity contribution is -0.388. The van der Waals surface area contributed by atoms with Gasteiger partial charge in [0.05, 0.1) is 56.9 Å². The minimum atomic E-state index is -1.77. The summed E-state index contributed by atoms with van der Waals surface area (Å²) in [7, 11) is 0. The van der Waals surface area contributed by atoms with Crippen molar-refractivity contribution in [2.24, 2.45) is 46.3 Å². The van der Waals surface area contributed by atoms with Gasteiger partial charge in [0.1, 0.15) is 110 Å². The summed E-state index contributed by atoms with van der Waals surface area (Å²) in [6.45, 7) is 10.2. The zero-order valence-corrected chi connectivity index (χ0v) is 48.1. The van der Waals surface area contributed by atoms with Gasteiger partial charge in [0.15, 0.2) is 31.5 Å². The third-order valence-electron chi connectivity index (χ3n) is 21.4. The summed E-state index contributed by atoms with van der Waals surface area (Å²) in [5, 5.41) is 159. The highest BCUT2D eigenvalue weighted by molar-refractivity contribution is 5.26. The van der Waals surface area contributed by atoms with Gasteiger partial charge >= 0.3 is 0 Å². The molecule has 6 aliphatic heterocycles. The highest BCUT2D eigenvalue weighted by Gasteiger charge is 2.66. The van der Waals surface area contributed by atoms with Gasteiger partial charge in [-0.2, -0.15) is 0 Å². The summed E-state index contributed by atoms with van der Waals surface area (Å²) < 4.78 is 66.6. The lowest BCUT2D eigenvalue weighted by Crippen LogP contribution is -2.66. The second-order valence-electron chi connectivity index (χ2n) is 26.4. The molecule has 0 spiro atoms. The Bertz CT molecular complexity index is 2160. The Morgan fingerprint density at radius 3 is 1.66 bits per heavy atom. The highest BCUT2D eigenvalue weighted by atomic mass is 16.8. The number of hydrogen-bond donors (Lipinski definition) is 15. The molecule has 36 atom stereocenters. The summed E-state index contributed by atoms with van der Waals surface area (Å²) in [5.74, 6) is 1.99. The Hall–Kier alpha value is -1.30. The van der Waals surface area contributed by atoms with Crippen molar-refractivity contribution in [1.82, 2.24) is 0 Å². The molecule has 83 heavy (non-hydrogen) atoms. The molecular formula is C57H94O26. The number of ether oxygens (including phenoxy) is 11. The zero-order chi connectivity index (χ0) is 59.9. The third-order valence-corrected chi connectivity index (χ3v) is 21.4. The molecule has 0 bridgehead atoms. The molecule has 0 radical (unpaired) electrons. The molecule has 478 valence electrons. The van der Waals surface area contributed by atoms with Crippen molar-refractivity contribution >= 4 is 0 Å². The summed E-state index contributed by atoms with van der Waals surface area (Å²) in [6.07, 6.45) is -27.8. The average Bonchev–Trinajstić information content (AvgIpc) is 1.83. The van der Waals surface area contributed by atoms with Crippen LogP contribution in [0.2, 0.25) is 0 Å². The molecule has 4 aliphatic carbocycles. The van der Waals surface area contributed by atoms with Gasteiger partial charge in [-0.25, -0.2) is 0 Å². The predicted octanol–water partition coefficient (Wildman–Crippen LogP) is -3.48. The lowest BCUT2D eigenvalue weighted by Gasteiger charge is -2.58. The van der Waals surface area contributed by atoms with Crippen LogP contribution in [0.3, 0.4) is 0 Å². The molecule has 15 N–H and O–H groups in total. The first-order valence-electron chi connectivity index (χ1n) is 30.2. The molecular weight excluding hydrogens is 1100 g/mol. The molecule has 10 aliphatic rings. The van der Waals surface area contributed by atoms with Crippen molar-refractivity contribution in [3.8, 4) is 0 Å². The number of allylic oxidation sites excluding steroid dienone is 1. The molecule has 1 unspecified atom stereocenters. The molecule has 0 amide bonds. The summed E-state index contributed by atoms with van der Waals surface area (Å²) in [6, 6.07) is 0. The van der Waals surface area contributed by atoms with Crippen LogP contribution in [0.15, 0.2) is 11.6 Å². The Morgan fingerprint density at radius 2 is 1.06 bits per heavy atom. The molecule has 0 aromatic rings. The number of fused-ring (bicyclic) bond motifs is 7. The number of rotatable bonds is 17. The molecule has 9 fully saturated rings. The molecule has 10 rings (SSSR count). The van der Waals surface area contributed by atoms with Crippen LogP contribution in [0, 0.1) is 46.3 Å². The highest BCUT2D eigenvalue weighted by Crippen LogP contribution is 2.69. The molecule has 6 saturated heterocycles. The Morgan fingerprint density at radius 1 is 0.530 bits per heavy atom. The van der Waals surface area contributed by atoms with Gasteiger partial charge < -0.3 is 129 Å². The van der Waals surface area contributed by atoms with E-state index in [9.17, 15) is 76.6 Å². The lowest BCUT2D eigenvalue weighted by atomic mass is 9.47. The molecule has 3 saturated carbocycles. The van der Waals surface area contributed by atoms with Crippen LogP contribution in [-0.4, -0.2) is 275 Å². The van der Waals surface area contributed by atoms with E-state index in [-0.39, 0.29) is 35.6 Å². The first-order valence-corrected chi connectivity index (χ1v) is 30.2. The molecule has 26 heteroatoms. The van der Waals surface area contributed by atoms with E-state index in [2.05, 4.69) is 26.8 Å². The maximum Gasteiger partial charge on any atom is 0.187 e. The smallest absolute Gasteiger partial charge is 0.187 e. The second-order valence-corrected chi connectivity index (χ2v) is 26.4. The zero-order valence-electron chi connectivity index (χ0n) is 48.1. The second kappa shape index (κ2) is 25.9. The fourth-order valence-corrected chi connectivity index (χ4v) is 16.5. The number of hydrogen-bond acceptors (Lipinski definition) is 26. The minimum absolute atomic E-state index is 0.00533. The van der Waals surface area contributed by atoms with Crippen LogP contribution in [0.5, 0.6) is 0 Å². The van der Waals surface area contributed by atoms with Crippen molar-refractivity contribution in [1.29, 1.82) is 0 Å². The van der Waals surface area contributed by atoms with Gasteiger partial charge in [-0.05, 0) is 118 Å². The van der Waals surface area contributed by atoms with Crippen LogP contribution in [0.4, 0.5) is 0 Å². The van der Waals surface area contributed by atoms with E-state index < -0.39 is 179 Å². The van der Waals surface area contributed by atoms with E-state index >= 15 is 0 Å². The van der Waals surface area contributed by atoms with Crippen LogP contribution >= 0.6 is 0 Å². The Balaban J connectivity index is 0.739. The SMILES string of the molecule is C[C@H](CCC1O[C@H]2C[C@H]3[C@@H]4CC=C5C[C@@H](O[C@@H]6O[C@H](CO)[C@@H](O[C@@H]7O[C@@H](C)[C@H](O)[C@@H](O)[C@H]7O)[C@H](O)[C@H]6O[C@@H]6O[C@@H](C)[C@H](O)[C@@H](O)[C@H]6O)CC[C@]5(C)[C@H]4CC[C@]3(C)[C@H]2[C@@H]1C)CO[C@@H]1O[C@H](CO)[C@@H](O[C@@H]2O[C@H](CO)[C@H](O)[C@H](O)[C@H]2O)[C@H](O)[C@H]1O. The molecule has 6 heterocycles. The van der Waals surface area contributed by atoms with E-state index in [1.807, 2.05) is 6.92 Å². The quantitative estimate of drug-likeness (QED) is 0.0629. The summed E-state index contributed by atoms with van der Waals surface area (Å²) in [5.41, 5.74) is 1.23. The van der Waals surface area contributed by atoms with Gasteiger partial charge in [-0.15, -0.1) is 0 Å². The van der Waals surface area contributed by atoms with Gasteiger partial charge in [-0.3, -0.25) is 0 Å². The van der Waals surface area contributed by atoms with Crippen molar-refractivity contribution in [2.45, 2.75) is 271 Å². The van der Waals surface area contributed by atoms with Crippen molar-refractivity contribution in [3.63, 3.8) is 0 Å². The monoisotopic (exact) mass is 1190 g/mol. The maximum absolute atomic E-state index is 12.1. The van der Waals surface area contributed by atoms with Gasteiger partial charge in [0.2, 0.25) is 0 Å². The maximum atomic E-state index is 12.1. The van der Waals surface area contributed by atoms with E-state index in [1.165, 1.54) is 19.4 Å². The van der Waals surface area contributed by atoms with Gasteiger partial charge in [0.25, 0.3) is 0 Å². The Labute approximate surface area is 483 Å². The molecule has 0 aromatic heterocycles. The number of aliphatic hydroxyl groups is 15. The minimum Gasteiger partial charge on any atom is -0.394 e. The molecule has 26 nitrogen and oxygen atoms in total. The van der Waals surface area contributed by atoms with E-state index in [0.29, 0.717) is 42.4 Å². The Kier molecular flexibility index (Phi) is 20.2. The van der Waals surface area contributed by atoms with Crippen molar-refractivity contribution in [3.05, 3.63) is 11.6 Å². The average molecular weight is 1200 g/mol. The van der Waals surface area contributed by atoms with E-state index in [4.69, 9.17) is 52.1 Å². The topological polar surface area (TPSA) is 405 Å². The predicted molar refractivity (Wildman–Crippen MR) is 280 cm³/mol. The van der Waals surface area contributed by atoms with Crippen LogP contribution in [0.1, 0.15) is 99.3 Å². The van der Waals surface area contributed by atoms with Crippen LogP contribution < -0.4 is 0 Å². The normalized spacial score (nSPS) is 55.0. The summed E-state index contributed by atoms with van der Waals surface area (Å²) in [4.78, 5) is 0. The molecule has 0 aromatic carbocycles. The van der Waals surface area contributed by atoms with E-state index in [1.54, 1.807) is 0 Å². The van der Waals surface area contributed by atoms with Gasteiger partial charge in [0, 0.05) is 0 Å². The van der Waals surface area contributed by atoms with Crippen molar-refractivity contribution < 1.29 is 129 Å². The largest absolute Gasteiger partial charge is 0.394 e. The third kappa shape index (κ3) is 12.0. The van der Waals surface area contributed by atoms with Crippen molar-refractivity contribution in [2.75, 3.05) is 26.4 Å². The fourth-order valence-electron chi connectivity index (χ4n) is 16.5. The number of aliphatic hydroxyl groups excluding tert-OH is 15. The first-order chi connectivity index (χ1) is 39.3. The standard InChI is InChI=1S/C57H94O26/c1-21(20-73-51-46(71)42(67)48(33(18-59)79-51)81-54-45(70)41(66)38(63)32(17-58)78-54)7-10-30-22(2)35-31(77-30)16-29-27-9-8-25-15-26(11-13-56(25,5)28(27)12-14-57(29,35)6)76-55-50(83-53-44(69)40(65)37(62)24(4)75-53)47(72)49(34(19-60)80-55)82-52-43(68)39(64)36(61)23(3)74-52/h8,21-24,26-55,58-72H,7,9-20H2,1-6H3/t21-,22-,23+,24+,26+,27-,28+,29+,30?,31+,32-,33-,34-,35+,36+,37+,38+,39-,40-,41+,42-,43-,44-,45-,46-,47+,48-,49-,50-,51-,52+,53+,54+,55-,56+,57+/m1/s1. The first kappa shape index (κ1) is 64.7.